The first-order chi connectivity index (χ1) is 23.6. The van der Waals surface area contributed by atoms with Crippen LogP contribution in [0, 0.1) is 6.92 Å². The van der Waals surface area contributed by atoms with Crippen LogP contribution in [0.3, 0.4) is 0 Å². The Morgan fingerprint density at radius 3 is 2.14 bits per heavy atom. The predicted octanol–water partition coefficient (Wildman–Crippen LogP) is 6.67. The Bertz CT molecular complexity index is 1830. The number of amides is 2. The van der Waals surface area contributed by atoms with Crippen LogP contribution in [-0.2, 0) is 32.6 Å². The summed E-state index contributed by atoms with van der Waals surface area (Å²) in [6.45, 7) is 1.46. The molecule has 0 heterocycles. The number of nitrogens with zero attached hydrogens (tertiary/aromatic N) is 2. The minimum absolute atomic E-state index is 0.0323. The summed E-state index contributed by atoms with van der Waals surface area (Å²) in [5.41, 5.74) is 2.93. The quantitative estimate of drug-likeness (QED) is 0.155. The topological polar surface area (TPSA) is 105 Å². The zero-order chi connectivity index (χ0) is 35.0. The van der Waals surface area contributed by atoms with Crippen molar-refractivity contribution < 1.29 is 27.5 Å². The molecule has 0 bridgehead atoms. The second kappa shape index (κ2) is 16.4. The Morgan fingerprint density at radius 2 is 1.51 bits per heavy atom. The van der Waals surface area contributed by atoms with Gasteiger partial charge in [0.15, 0.2) is 11.5 Å². The van der Waals surface area contributed by atoms with Gasteiger partial charge in [-0.05, 0) is 67.3 Å². The van der Waals surface area contributed by atoms with E-state index in [1.54, 1.807) is 24.3 Å². The van der Waals surface area contributed by atoms with Crippen LogP contribution in [0.15, 0.2) is 106 Å². The van der Waals surface area contributed by atoms with Gasteiger partial charge in [0.05, 0.1) is 24.8 Å². The van der Waals surface area contributed by atoms with Crippen molar-refractivity contribution in [2.45, 2.75) is 62.6 Å². The number of halogens is 1. The highest BCUT2D eigenvalue weighted by Crippen LogP contribution is 2.33. The number of sulfonamides is 1. The fraction of sp³-hybridized carbons (Fsp3) is 0.316. The van der Waals surface area contributed by atoms with Crippen LogP contribution >= 0.6 is 15.9 Å². The number of ether oxygens (including phenoxy) is 2. The molecule has 0 aromatic heterocycles. The van der Waals surface area contributed by atoms with Crippen LogP contribution in [0.4, 0.5) is 5.69 Å². The zero-order valence-electron chi connectivity index (χ0n) is 28.0. The van der Waals surface area contributed by atoms with Crippen LogP contribution in [0.5, 0.6) is 11.5 Å². The average molecular weight is 749 g/mol. The summed E-state index contributed by atoms with van der Waals surface area (Å²) in [7, 11) is -1.41. The van der Waals surface area contributed by atoms with Gasteiger partial charge in [-0.2, -0.15) is 0 Å². The Hall–Kier alpha value is -4.35. The summed E-state index contributed by atoms with van der Waals surface area (Å²) in [4.78, 5) is 30.3. The third-order valence-electron chi connectivity index (χ3n) is 8.78. The van der Waals surface area contributed by atoms with Crippen LogP contribution in [0.1, 0.15) is 42.4 Å². The molecule has 2 amide bonds. The highest BCUT2D eigenvalue weighted by molar-refractivity contribution is 9.10. The normalized spacial score (nSPS) is 13.8. The van der Waals surface area contributed by atoms with E-state index in [4.69, 9.17) is 9.47 Å². The Kier molecular flexibility index (Phi) is 12.0. The van der Waals surface area contributed by atoms with Gasteiger partial charge in [-0.15, -0.1) is 0 Å². The summed E-state index contributed by atoms with van der Waals surface area (Å²) in [5, 5.41) is 3.20. The molecule has 5 rings (SSSR count). The minimum atomic E-state index is -4.31. The fourth-order valence-electron chi connectivity index (χ4n) is 6.05. The van der Waals surface area contributed by atoms with E-state index >= 15 is 0 Å². The van der Waals surface area contributed by atoms with E-state index in [-0.39, 0.29) is 35.6 Å². The van der Waals surface area contributed by atoms with E-state index in [9.17, 15) is 18.0 Å². The number of nitrogens with one attached hydrogen (secondary N) is 1. The van der Waals surface area contributed by atoms with E-state index in [1.807, 2.05) is 61.5 Å². The molecule has 1 fully saturated rings. The number of hydrogen-bond acceptors (Lipinski definition) is 6. The second-order valence-electron chi connectivity index (χ2n) is 12.2. The molecule has 0 unspecified atom stereocenters. The summed E-state index contributed by atoms with van der Waals surface area (Å²) >= 11 is 3.48. The van der Waals surface area contributed by atoms with Crippen molar-refractivity contribution in [2.75, 3.05) is 25.1 Å². The lowest BCUT2D eigenvalue weighted by Gasteiger charge is -2.34. The SMILES string of the molecule is COc1ccc(S(=O)(=O)N(CC(=O)N(Cc2ccc(Br)cc2)[C@H](Cc2ccccc2)C(=O)NC2CCCC2)c2ccc(C)cc2)cc1OC. The van der Waals surface area contributed by atoms with Gasteiger partial charge < -0.3 is 19.7 Å². The number of carbonyl (C=O) groups excluding carboxylic acids is 2. The molecule has 0 spiro atoms. The van der Waals surface area contributed by atoms with Gasteiger partial charge in [0.2, 0.25) is 11.8 Å². The van der Waals surface area contributed by atoms with Crippen molar-refractivity contribution in [3.8, 4) is 11.5 Å². The van der Waals surface area contributed by atoms with E-state index in [0.717, 1.165) is 51.2 Å². The van der Waals surface area contributed by atoms with Crippen LogP contribution in [-0.4, -0.2) is 58.0 Å². The number of aryl methyl sites for hydroxylation is 1. The maximum absolute atomic E-state index is 14.7. The molecule has 4 aromatic carbocycles. The van der Waals surface area contributed by atoms with E-state index < -0.39 is 28.5 Å². The lowest BCUT2D eigenvalue weighted by Crippen LogP contribution is -2.54. The number of rotatable bonds is 14. The Morgan fingerprint density at radius 1 is 0.857 bits per heavy atom. The predicted molar refractivity (Wildman–Crippen MR) is 194 cm³/mol. The van der Waals surface area contributed by atoms with E-state index in [1.165, 1.54) is 37.3 Å². The molecule has 0 aliphatic heterocycles. The third-order valence-corrected chi connectivity index (χ3v) is 11.1. The van der Waals surface area contributed by atoms with Crippen molar-refractivity contribution in [1.82, 2.24) is 10.2 Å². The van der Waals surface area contributed by atoms with Gasteiger partial charge in [-0.25, -0.2) is 8.42 Å². The number of benzene rings is 4. The molecule has 49 heavy (non-hydrogen) atoms. The smallest absolute Gasteiger partial charge is 0.264 e. The third kappa shape index (κ3) is 9.01. The molecule has 1 N–H and O–H groups in total. The molecule has 0 saturated heterocycles. The summed E-state index contributed by atoms with van der Waals surface area (Å²) in [6, 6.07) is 27.5. The molecule has 1 aliphatic rings. The number of anilines is 1. The average Bonchev–Trinajstić information content (AvgIpc) is 3.63. The van der Waals surface area contributed by atoms with Gasteiger partial charge in [0.1, 0.15) is 12.6 Å². The van der Waals surface area contributed by atoms with Crippen molar-refractivity contribution >= 4 is 43.5 Å². The molecule has 1 saturated carbocycles. The lowest BCUT2D eigenvalue weighted by molar-refractivity contribution is -0.140. The van der Waals surface area contributed by atoms with Gasteiger partial charge in [0, 0.05) is 29.5 Å². The standard InChI is InChI=1S/C38H42BrN3O6S/c1-27-13-19-32(20-14-27)42(49(45,46)33-21-22-35(47-2)36(24-33)48-3)26-37(43)41(25-29-15-17-30(39)18-16-29)34(23-28-9-5-4-6-10-28)38(44)40-31-11-7-8-12-31/h4-6,9-10,13-22,24,31,34H,7-8,11-12,23,25-26H2,1-3H3,(H,40,44)/t34-/m1/s1. The first-order valence-electron chi connectivity index (χ1n) is 16.3. The van der Waals surface area contributed by atoms with Crippen molar-refractivity contribution in [3.05, 3.63) is 118 Å². The second-order valence-corrected chi connectivity index (χ2v) is 15.0. The van der Waals surface area contributed by atoms with E-state index in [2.05, 4.69) is 21.2 Å². The van der Waals surface area contributed by atoms with Gasteiger partial charge in [-0.1, -0.05) is 88.9 Å². The van der Waals surface area contributed by atoms with Crippen LogP contribution < -0.4 is 19.1 Å². The maximum atomic E-state index is 14.7. The molecule has 258 valence electrons. The molecule has 1 atom stereocenters. The summed E-state index contributed by atoms with van der Waals surface area (Å²) in [5.74, 6) is -0.167. The molecular weight excluding hydrogens is 706 g/mol. The maximum Gasteiger partial charge on any atom is 0.264 e. The molecular formula is C38H42BrN3O6S. The molecule has 9 nitrogen and oxygen atoms in total. The summed E-state index contributed by atoms with van der Waals surface area (Å²) in [6.07, 6.45) is 4.10. The Labute approximate surface area is 297 Å². The molecule has 4 aromatic rings. The Balaban J connectivity index is 1.57. The number of hydrogen-bond donors (Lipinski definition) is 1. The van der Waals surface area contributed by atoms with Crippen LogP contribution in [0.2, 0.25) is 0 Å². The van der Waals surface area contributed by atoms with Gasteiger partial charge >= 0.3 is 0 Å². The molecule has 11 heteroatoms. The molecule has 0 radical (unpaired) electrons. The zero-order valence-corrected chi connectivity index (χ0v) is 30.4. The van der Waals surface area contributed by atoms with Crippen molar-refractivity contribution in [2.24, 2.45) is 0 Å². The number of carbonyl (C=O) groups is 2. The highest BCUT2D eigenvalue weighted by Gasteiger charge is 2.36. The minimum Gasteiger partial charge on any atom is -0.493 e. The fourth-order valence-corrected chi connectivity index (χ4v) is 7.75. The monoisotopic (exact) mass is 747 g/mol. The summed E-state index contributed by atoms with van der Waals surface area (Å²) < 4.78 is 41.6. The van der Waals surface area contributed by atoms with E-state index in [0.29, 0.717) is 11.4 Å². The largest absolute Gasteiger partial charge is 0.493 e. The molecule has 1 aliphatic carbocycles. The highest BCUT2D eigenvalue weighted by atomic mass is 79.9. The first kappa shape index (κ1) is 35.9. The van der Waals surface area contributed by atoms with Crippen LogP contribution in [0.25, 0.3) is 0 Å². The number of methoxy groups -OCH3 is 2. The van der Waals surface area contributed by atoms with Crippen molar-refractivity contribution in [3.63, 3.8) is 0 Å². The first-order valence-corrected chi connectivity index (χ1v) is 18.5. The van der Waals surface area contributed by atoms with Gasteiger partial charge in [0.25, 0.3) is 10.0 Å². The lowest BCUT2D eigenvalue weighted by atomic mass is 10.0. The van der Waals surface area contributed by atoms with Crippen molar-refractivity contribution in [1.29, 1.82) is 0 Å². The van der Waals surface area contributed by atoms with Gasteiger partial charge in [-0.3, -0.25) is 13.9 Å².